The molecule has 1 aromatic carbocycles. The van der Waals surface area contributed by atoms with Gasteiger partial charge in [-0.15, -0.1) is 0 Å². The van der Waals surface area contributed by atoms with E-state index in [1.165, 1.54) is 7.11 Å². The van der Waals surface area contributed by atoms with E-state index in [0.29, 0.717) is 16.9 Å². The Morgan fingerprint density at radius 2 is 2.33 bits per heavy atom. The SMILES string of the molecule is COc1cc(I)cc(C#N)c1C(=O)CBr. The van der Waals surface area contributed by atoms with Crippen LogP contribution in [0.15, 0.2) is 12.1 Å². The van der Waals surface area contributed by atoms with Gasteiger partial charge in [-0.05, 0) is 34.7 Å². The Bertz CT molecular complexity index is 440. The van der Waals surface area contributed by atoms with Crippen molar-refractivity contribution in [2.45, 2.75) is 0 Å². The van der Waals surface area contributed by atoms with Crippen molar-refractivity contribution in [3.05, 3.63) is 26.8 Å². The zero-order valence-electron chi connectivity index (χ0n) is 7.88. The molecule has 0 aliphatic heterocycles. The molecule has 1 rings (SSSR count). The Balaban J connectivity index is 3.45. The zero-order valence-corrected chi connectivity index (χ0v) is 11.6. The van der Waals surface area contributed by atoms with Gasteiger partial charge in [0.2, 0.25) is 0 Å². The van der Waals surface area contributed by atoms with Crippen LogP contribution in [-0.2, 0) is 0 Å². The van der Waals surface area contributed by atoms with Gasteiger partial charge in [0.25, 0.3) is 0 Å². The maximum absolute atomic E-state index is 11.6. The number of nitriles is 1. The molecule has 15 heavy (non-hydrogen) atoms. The number of Topliss-reactive ketones (excluding diaryl/α,β-unsaturated/α-hetero) is 1. The summed E-state index contributed by atoms with van der Waals surface area (Å²) in [5.41, 5.74) is 0.695. The van der Waals surface area contributed by atoms with Crippen molar-refractivity contribution in [1.29, 1.82) is 5.26 Å². The van der Waals surface area contributed by atoms with Gasteiger partial charge in [-0.2, -0.15) is 5.26 Å². The van der Waals surface area contributed by atoms with E-state index in [1.807, 2.05) is 6.07 Å². The number of alkyl halides is 1. The molecule has 0 unspecified atom stereocenters. The quantitative estimate of drug-likeness (QED) is 0.461. The lowest BCUT2D eigenvalue weighted by Crippen LogP contribution is -2.06. The first-order valence-corrected chi connectivity index (χ1v) is 6.20. The minimum Gasteiger partial charge on any atom is -0.496 e. The Kier molecular flexibility index (Phi) is 4.54. The van der Waals surface area contributed by atoms with Gasteiger partial charge in [0.1, 0.15) is 11.8 Å². The van der Waals surface area contributed by atoms with E-state index in [4.69, 9.17) is 10.00 Å². The highest BCUT2D eigenvalue weighted by atomic mass is 127. The summed E-state index contributed by atoms with van der Waals surface area (Å²) in [7, 11) is 1.48. The third-order valence-corrected chi connectivity index (χ3v) is 2.94. The molecule has 0 atom stereocenters. The number of ether oxygens (including phenoxy) is 1. The molecule has 0 N–H and O–H groups in total. The van der Waals surface area contributed by atoms with Crippen LogP contribution < -0.4 is 4.74 Å². The molecule has 0 bridgehead atoms. The van der Waals surface area contributed by atoms with Crippen LogP contribution in [-0.4, -0.2) is 18.2 Å². The molecule has 0 spiro atoms. The van der Waals surface area contributed by atoms with E-state index in [2.05, 4.69) is 38.5 Å². The van der Waals surface area contributed by atoms with Gasteiger partial charge in [-0.25, -0.2) is 0 Å². The third kappa shape index (κ3) is 2.69. The number of benzene rings is 1. The smallest absolute Gasteiger partial charge is 0.178 e. The van der Waals surface area contributed by atoms with Gasteiger partial charge in [0.15, 0.2) is 5.78 Å². The number of nitrogens with zero attached hydrogens (tertiary/aromatic N) is 1. The molecule has 0 fully saturated rings. The Morgan fingerprint density at radius 3 is 2.80 bits per heavy atom. The molecule has 0 heterocycles. The molecule has 0 amide bonds. The van der Waals surface area contributed by atoms with Crippen LogP contribution in [0.1, 0.15) is 15.9 Å². The zero-order chi connectivity index (χ0) is 11.4. The summed E-state index contributed by atoms with van der Waals surface area (Å²) in [4.78, 5) is 11.6. The van der Waals surface area contributed by atoms with E-state index >= 15 is 0 Å². The first kappa shape index (κ1) is 12.5. The highest BCUT2D eigenvalue weighted by Gasteiger charge is 2.17. The third-order valence-electron chi connectivity index (χ3n) is 1.81. The van der Waals surface area contributed by atoms with Crippen LogP contribution in [0.25, 0.3) is 0 Å². The summed E-state index contributed by atoms with van der Waals surface area (Å²) in [6, 6.07) is 5.40. The molecule has 1 aromatic rings. The second-order valence-electron chi connectivity index (χ2n) is 2.70. The largest absolute Gasteiger partial charge is 0.496 e. The Morgan fingerprint density at radius 1 is 1.67 bits per heavy atom. The lowest BCUT2D eigenvalue weighted by atomic mass is 10.0. The average molecular weight is 380 g/mol. The first-order chi connectivity index (χ1) is 7.13. The van der Waals surface area contributed by atoms with E-state index in [9.17, 15) is 4.79 Å². The van der Waals surface area contributed by atoms with Crippen molar-refractivity contribution in [3.63, 3.8) is 0 Å². The van der Waals surface area contributed by atoms with Crippen molar-refractivity contribution in [2.75, 3.05) is 12.4 Å². The molecule has 0 aliphatic carbocycles. The van der Waals surface area contributed by atoms with Crippen LogP contribution in [0.2, 0.25) is 0 Å². The number of rotatable bonds is 3. The van der Waals surface area contributed by atoms with Crippen molar-refractivity contribution in [1.82, 2.24) is 0 Å². The highest BCUT2D eigenvalue weighted by molar-refractivity contribution is 14.1. The minimum absolute atomic E-state index is 0.153. The topological polar surface area (TPSA) is 50.1 Å². The Hall–Kier alpha value is -0.610. The summed E-state index contributed by atoms with van der Waals surface area (Å²) in [6.45, 7) is 0. The van der Waals surface area contributed by atoms with Crippen molar-refractivity contribution < 1.29 is 9.53 Å². The monoisotopic (exact) mass is 379 g/mol. The number of hydrogen-bond acceptors (Lipinski definition) is 3. The van der Waals surface area contributed by atoms with Gasteiger partial charge in [-0.1, -0.05) is 15.9 Å². The molecule has 5 heteroatoms. The molecule has 3 nitrogen and oxygen atoms in total. The number of carbonyl (C=O) groups is 1. The summed E-state index contributed by atoms with van der Waals surface area (Å²) >= 11 is 5.16. The normalized spacial score (nSPS) is 9.47. The lowest BCUT2D eigenvalue weighted by molar-refractivity contribution is 0.102. The maximum Gasteiger partial charge on any atom is 0.178 e. The predicted molar refractivity (Wildman–Crippen MR) is 68.6 cm³/mol. The van der Waals surface area contributed by atoms with Gasteiger partial charge in [0.05, 0.1) is 23.6 Å². The van der Waals surface area contributed by atoms with Gasteiger partial charge >= 0.3 is 0 Å². The fourth-order valence-corrected chi connectivity index (χ4v) is 2.06. The fourth-order valence-electron chi connectivity index (χ4n) is 1.19. The number of ketones is 1. The number of hydrogen-bond donors (Lipinski definition) is 0. The van der Waals surface area contributed by atoms with E-state index < -0.39 is 0 Å². The fraction of sp³-hybridized carbons (Fsp3) is 0.200. The molecular weight excluding hydrogens is 373 g/mol. The molecule has 0 radical (unpaired) electrons. The second kappa shape index (κ2) is 5.47. The van der Waals surface area contributed by atoms with Crippen LogP contribution in [0.5, 0.6) is 5.75 Å². The molecule has 0 aliphatic rings. The standard InChI is InChI=1S/C10H7BrINO2/c1-15-9-3-7(12)2-6(5-13)10(9)8(14)4-11/h2-3H,4H2,1H3. The molecule has 78 valence electrons. The molecule has 0 saturated carbocycles. The van der Waals surface area contributed by atoms with Gasteiger partial charge in [0, 0.05) is 3.57 Å². The number of halogens is 2. The summed E-state index contributed by atoms with van der Waals surface area (Å²) in [5, 5.41) is 9.11. The average Bonchev–Trinajstić information content (AvgIpc) is 2.26. The summed E-state index contributed by atoms with van der Waals surface area (Å²) in [5.74, 6) is 0.294. The lowest BCUT2D eigenvalue weighted by Gasteiger charge is -2.08. The second-order valence-corrected chi connectivity index (χ2v) is 4.51. The first-order valence-electron chi connectivity index (χ1n) is 4.00. The van der Waals surface area contributed by atoms with Crippen molar-refractivity contribution in [3.8, 4) is 11.8 Å². The molecule has 0 saturated heterocycles. The van der Waals surface area contributed by atoms with Crippen LogP contribution in [0, 0.1) is 14.9 Å². The predicted octanol–water partition coefficient (Wildman–Crippen LogP) is 2.75. The Labute approximate surface area is 110 Å². The van der Waals surface area contributed by atoms with Crippen molar-refractivity contribution in [2.24, 2.45) is 0 Å². The summed E-state index contributed by atoms with van der Waals surface area (Å²) in [6.07, 6.45) is 0. The molecular formula is C10H7BrINO2. The van der Waals surface area contributed by atoms with Gasteiger partial charge < -0.3 is 4.74 Å². The minimum atomic E-state index is -0.153. The van der Waals surface area contributed by atoms with Crippen LogP contribution in [0.4, 0.5) is 0 Å². The van der Waals surface area contributed by atoms with E-state index in [-0.39, 0.29) is 11.1 Å². The van der Waals surface area contributed by atoms with Crippen molar-refractivity contribution >= 4 is 44.3 Å². The number of carbonyl (C=O) groups excluding carboxylic acids is 1. The van der Waals surface area contributed by atoms with Crippen LogP contribution in [0.3, 0.4) is 0 Å². The van der Waals surface area contributed by atoms with Gasteiger partial charge in [-0.3, -0.25) is 4.79 Å². The molecule has 0 aromatic heterocycles. The van der Waals surface area contributed by atoms with E-state index in [0.717, 1.165) is 3.57 Å². The summed E-state index contributed by atoms with van der Waals surface area (Å²) < 4.78 is 5.96. The van der Waals surface area contributed by atoms with E-state index in [1.54, 1.807) is 12.1 Å². The maximum atomic E-state index is 11.6. The number of methoxy groups -OCH3 is 1. The van der Waals surface area contributed by atoms with Crippen LogP contribution >= 0.6 is 38.5 Å². The highest BCUT2D eigenvalue weighted by Crippen LogP contribution is 2.26.